The predicted octanol–water partition coefficient (Wildman–Crippen LogP) is 2.51. The minimum Gasteiger partial charge on any atom is -0.320 e. The van der Waals surface area contributed by atoms with Gasteiger partial charge in [-0.2, -0.15) is 5.10 Å². The van der Waals surface area contributed by atoms with Crippen LogP contribution in [0.4, 0.5) is 10.1 Å². The molecule has 4 rings (SSSR count). The lowest BCUT2D eigenvalue weighted by Crippen LogP contribution is -2.17. The van der Waals surface area contributed by atoms with Crippen molar-refractivity contribution >= 4 is 21.4 Å². The van der Waals surface area contributed by atoms with Crippen molar-refractivity contribution in [2.45, 2.75) is 38.1 Å². The summed E-state index contributed by atoms with van der Waals surface area (Å²) in [5, 5.41) is 7.20. The van der Waals surface area contributed by atoms with Crippen molar-refractivity contribution in [2.24, 2.45) is 0 Å². The second-order valence-corrected chi connectivity index (χ2v) is 9.18. The van der Waals surface area contributed by atoms with E-state index >= 15 is 0 Å². The Hall–Kier alpha value is -2.22. The van der Waals surface area contributed by atoms with Gasteiger partial charge in [0.2, 0.25) is 0 Å². The summed E-state index contributed by atoms with van der Waals surface area (Å²) in [6.07, 6.45) is 4.05. The first-order valence-corrected chi connectivity index (χ1v) is 10.6. The number of sulfone groups is 1. The van der Waals surface area contributed by atoms with Gasteiger partial charge in [0.15, 0.2) is 15.5 Å². The van der Waals surface area contributed by atoms with E-state index in [9.17, 15) is 17.6 Å². The van der Waals surface area contributed by atoms with Gasteiger partial charge in [0.05, 0.1) is 17.5 Å². The zero-order valence-corrected chi connectivity index (χ0v) is 15.1. The van der Waals surface area contributed by atoms with E-state index in [0.717, 1.165) is 36.9 Å². The normalized spacial score (nSPS) is 21.3. The first-order valence-electron chi connectivity index (χ1n) is 8.80. The van der Waals surface area contributed by atoms with Gasteiger partial charge in [-0.05, 0) is 50.3 Å². The molecule has 8 heteroatoms. The number of carbonyl (C=O) groups is 1. The lowest BCUT2D eigenvalue weighted by molar-refractivity contribution is 0.102. The summed E-state index contributed by atoms with van der Waals surface area (Å²) >= 11 is 0. The highest BCUT2D eigenvalue weighted by molar-refractivity contribution is 7.91. The van der Waals surface area contributed by atoms with Gasteiger partial charge in [-0.25, -0.2) is 12.8 Å². The number of nitrogens with zero attached hydrogens (tertiary/aromatic N) is 2. The summed E-state index contributed by atoms with van der Waals surface area (Å²) in [5.41, 5.74) is 2.57. The van der Waals surface area contributed by atoms with Crippen LogP contribution in [-0.2, 0) is 22.7 Å². The van der Waals surface area contributed by atoms with E-state index in [1.165, 1.54) is 18.2 Å². The van der Waals surface area contributed by atoms with E-state index in [0.29, 0.717) is 17.8 Å². The maximum Gasteiger partial charge on any atom is 0.276 e. The molecule has 2 heterocycles. The minimum atomic E-state index is -3.04. The number of benzene rings is 1. The van der Waals surface area contributed by atoms with Crippen molar-refractivity contribution in [3.8, 4) is 0 Å². The Morgan fingerprint density at radius 1 is 1.27 bits per heavy atom. The lowest BCUT2D eigenvalue weighted by Gasteiger charge is -2.17. The van der Waals surface area contributed by atoms with E-state index in [2.05, 4.69) is 10.4 Å². The Bertz CT molecular complexity index is 968. The molecule has 0 saturated carbocycles. The number of fused-ring (bicyclic) bond motifs is 1. The van der Waals surface area contributed by atoms with E-state index in [1.807, 2.05) is 0 Å². The zero-order chi connectivity index (χ0) is 18.3. The number of hydrogen-bond donors (Lipinski definition) is 1. The molecule has 1 amide bonds. The van der Waals surface area contributed by atoms with Gasteiger partial charge < -0.3 is 5.32 Å². The van der Waals surface area contributed by atoms with Crippen LogP contribution in [0.2, 0.25) is 0 Å². The molecule has 2 aliphatic rings. The van der Waals surface area contributed by atoms with Crippen molar-refractivity contribution in [2.75, 3.05) is 16.8 Å². The molecular weight excluding hydrogens is 357 g/mol. The van der Waals surface area contributed by atoms with Crippen LogP contribution >= 0.6 is 0 Å². The fourth-order valence-electron chi connectivity index (χ4n) is 3.84. The van der Waals surface area contributed by atoms with E-state index in [1.54, 1.807) is 10.7 Å². The Labute approximate surface area is 151 Å². The first-order chi connectivity index (χ1) is 12.4. The van der Waals surface area contributed by atoms with Gasteiger partial charge in [-0.1, -0.05) is 6.07 Å². The molecular formula is C18H20FN3O3S. The number of anilines is 1. The van der Waals surface area contributed by atoms with Crippen molar-refractivity contribution in [1.82, 2.24) is 9.78 Å². The molecule has 1 N–H and O–H groups in total. The fourth-order valence-corrected chi connectivity index (χ4v) is 5.53. The quantitative estimate of drug-likeness (QED) is 0.891. The summed E-state index contributed by atoms with van der Waals surface area (Å²) in [4.78, 5) is 12.7. The topological polar surface area (TPSA) is 81.1 Å². The highest BCUT2D eigenvalue weighted by atomic mass is 32.2. The van der Waals surface area contributed by atoms with Crippen molar-refractivity contribution < 1.29 is 17.6 Å². The van der Waals surface area contributed by atoms with Gasteiger partial charge in [-0.15, -0.1) is 0 Å². The van der Waals surface area contributed by atoms with Crippen LogP contribution in [0.3, 0.4) is 0 Å². The van der Waals surface area contributed by atoms with E-state index in [4.69, 9.17) is 0 Å². The van der Waals surface area contributed by atoms with Gasteiger partial charge in [0.1, 0.15) is 5.82 Å². The molecule has 0 spiro atoms. The average Bonchev–Trinajstić information content (AvgIpc) is 3.15. The number of amides is 1. The summed E-state index contributed by atoms with van der Waals surface area (Å²) < 4.78 is 38.8. The third kappa shape index (κ3) is 3.25. The molecule has 0 unspecified atom stereocenters. The summed E-state index contributed by atoms with van der Waals surface area (Å²) in [5.74, 6) is -0.566. The van der Waals surface area contributed by atoms with Gasteiger partial charge in [-0.3, -0.25) is 9.48 Å². The Morgan fingerprint density at radius 2 is 2.08 bits per heavy atom. The largest absolute Gasteiger partial charge is 0.320 e. The average molecular weight is 377 g/mol. The molecule has 2 aromatic rings. The number of nitrogens with one attached hydrogen (secondary N) is 1. The Morgan fingerprint density at radius 3 is 2.81 bits per heavy atom. The van der Waals surface area contributed by atoms with Crippen LogP contribution in [0.1, 0.15) is 47.1 Å². The Balaban J connectivity index is 1.67. The second kappa shape index (κ2) is 6.50. The molecule has 1 aromatic heterocycles. The molecule has 6 nitrogen and oxygen atoms in total. The third-order valence-corrected chi connectivity index (χ3v) is 6.81. The summed E-state index contributed by atoms with van der Waals surface area (Å²) in [6, 6.07) is 5.51. The van der Waals surface area contributed by atoms with Crippen LogP contribution in [0, 0.1) is 5.82 Å². The maximum atomic E-state index is 13.3. The van der Waals surface area contributed by atoms with Crippen molar-refractivity contribution in [3.63, 3.8) is 0 Å². The highest BCUT2D eigenvalue weighted by Gasteiger charge is 2.34. The second-order valence-electron chi connectivity index (χ2n) is 6.95. The standard InChI is InChI=1S/C18H20FN3O3S/c19-12-4-3-5-13(10-12)20-18(23)17-15-6-1-2-7-16(15)22(21-17)14-8-9-26(24,25)11-14/h3-5,10,14H,1-2,6-9,11H2,(H,20,23)/t14-/m1/s1. The number of rotatable bonds is 3. The maximum absolute atomic E-state index is 13.3. The zero-order valence-electron chi connectivity index (χ0n) is 14.2. The number of halogens is 1. The lowest BCUT2D eigenvalue weighted by atomic mass is 9.95. The molecule has 1 aliphatic carbocycles. The van der Waals surface area contributed by atoms with Crippen molar-refractivity contribution in [3.05, 3.63) is 47.0 Å². The van der Waals surface area contributed by atoms with E-state index < -0.39 is 15.7 Å². The molecule has 1 atom stereocenters. The van der Waals surface area contributed by atoms with Crippen LogP contribution in [0.5, 0.6) is 0 Å². The monoisotopic (exact) mass is 377 g/mol. The van der Waals surface area contributed by atoms with Gasteiger partial charge in [0.25, 0.3) is 5.91 Å². The number of carbonyl (C=O) groups excluding carboxylic acids is 1. The Kier molecular flexibility index (Phi) is 4.30. The fraction of sp³-hybridized carbons (Fsp3) is 0.444. The molecule has 1 aliphatic heterocycles. The van der Waals surface area contributed by atoms with Crippen LogP contribution < -0.4 is 5.32 Å². The third-order valence-electron chi connectivity index (χ3n) is 5.06. The van der Waals surface area contributed by atoms with Crippen molar-refractivity contribution in [1.29, 1.82) is 0 Å². The van der Waals surface area contributed by atoms with Crippen LogP contribution in [0.15, 0.2) is 24.3 Å². The molecule has 1 aromatic carbocycles. The molecule has 138 valence electrons. The summed E-state index contributed by atoms with van der Waals surface area (Å²) in [6.45, 7) is 0. The minimum absolute atomic E-state index is 0.0755. The molecule has 1 fully saturated rings. The van der Waals surface area contributed by atoms with Crippen LogP contribution in [0.25, 0.3) is 0 Å². The number of hydrogen-bond acceptors (Lipinski definition) is 4. The number of aromatic nitrogens is 2. The molecule has 1 saturated heterocycles. The smallest absolute Gasteiger partial charge is 0.276 e. The summed E-state index contributed by atoms with van der Waals surface area (Å²) in [7, 11) is -3.04. The SMILES string of the molecule is O=C(Nc1cccc(F)c1)c1nn([C@@H]2CCS(=O)(=O)C2)c2c1CCCC2. The molecule has 26 heavy (non-hydrogen) atoms. The van der Waals surface area contributed by atoms with Gasteiger partial charge in [0, 0.05) is 16.9 Å². The molecule has 0 bridgehead atoms. The first kappa shape index (κ1) is 17.2. The molecule has 0 radical (unpaired) electrons. The van der Waals surface area contributed by atoms with E-state index in [-0.39, 0.29) is 23.5 Å². The van der Waals surface area contributed by atoms with Gasteiger partial charge >= 0.3 is 0 Å². The predicted molar refractivity (Wildman–Crippen MR) is 95.5 cm³/mol. The highest BCUT2D eigenvalue weighted by Crippen LogP contribution is 2.31. The van der Waals surface area contributed by atoms with Crippen LogP contribution in [-0.4, -0.2) is 35.6 Å².